The van der Waals surface area contributed by atoms with Gasteiger partial charge in [0, 0.05) is 10.2 Å². The highest BCUT2D eigenvalue weighted by Crippen LogP contribution is 2.26. The normalized spacial score (nSPS) is 16.4. The largest absolute Gasteiger partial charge is 0.436 e. The van der Waals surface area contributed by atoms with Crippen LogP contribution in [0.25, 0.3) is 0 Å². The highest BCUT2D eigenvalue weighted by atomic mass is 28.4. The molecule has 1 atom stereocenters. The van der Waals surface area contributed by atoms with Crippen LogP contribution < -0.4 is 0 Å². The summed E-state index contributed by atoms with van der Waals surface area (Å²) in [5, 5.41) is 0. The molecule has 0 saturated heterocycles. The Kier molecular flexibility index (Phi) is 11.1. The first-order valence-corrected chi connectivity index (χ1v) is 30.8. The second kappa shape index (κ2) is 10.7. The predicted molar refractivity (Wildman–Crippen MR) is 147 cm³/mol. The number of hydrogen-bond donors (Lipinski definition) is 0. The quantitative estimate of drug-likeness (QED) is 0.246. The third-order valence-electron chi connectivity index (χ3n) is 3.31. The first-order valence-electron chi connectivity index (χ1n) is 11.0. The Bertz CT molecular complexity index is 508. The highest BCUT2D eigenvalue weighted by Gasteiger charge is 2.43. The summed E-state index contributed by atoms with van der Waals surface area (Å²) < 4.78 is 39.0. The second-order valence-corrected chi connectivity index (χ2v) is 37.6. The van der Waals surface area contributed by atoms with Crippen LogP contribution in [0.1, 0.15) is 0 Å². The van der Waals surface area contributed by atoms with Gasteiger partial charge in [0.1, 0.15) is 0 Å². The fraction of sp³-hybridized carbons (Fsp3) is 1.00. The molecule has 0 heterocycles. The van der Waals surface area contributed by atoms with Gasteiger partial charge in [-0.3, -0.25) is 0 Å². The fourth-order valence-corrected chi connectivity index (χ4v) is 27.1. The Labute approximate surface area is 196 Å². The van der Waals surface area contributed by atoms with Gasteiger partial charge in [-0.25, -0.2) is 0 Å². The van der Waals surface area contributed by atoms with E-state index in [1.807, 2.05) is 0 Å². The van der Waals surface area contributed by atoms with Crippen LogP contribution in [-0.4, -0.2) is 72.9 Å². The summed E-state index contributed by atoms with van der Waals surface area (Å²) in [6.45, 7) is 32.4. The average Bonchev–Trinajstić information content (AvgIpc) is 2.25. The lowest BCUT2D eigenvalue weighted by Crippen LogP contribution is -2.57. The van der Waals surface area contributed by atoms with E-state index in [9.17, 15) is 0 Å². The van der Waals surface area contributed by atoms with Crippen LogP contribution in [0.5, 0.6) is 0 Å². The highest BCUT2D eigenvalue weighted by molar-refractivity contribution is 6.82. The summed E-state index contributed by atoms with van der Waals surface area (Å²) in [5.74, 6) is 0. The molecular weight excluding hydrogens is 497 g/mol. The van der Waals surface area contributed by atoms with E-state index in [4.69, 9.17) is 25.6 Å². The minimum atomic E-state index is -2.40. The Morgan fingerprint density at radius 2 is 0.667 bits per heavy atom. The van der Waals surface area contributed by atoms with Crippen LogP contribution in [0.2, 0.25) is 98.2 Å². The topological polar surface area (TPSA) is 55.4 Å². The van der Waals surface area contributed by atoms with Crippen molar-refractivity contribution in [2.24, 2.45) is 0 Å². The lowest BCUT2D eigenvalue weighted by molar-refractivity contribution is -0.0809. The van der Waals surface area contributed by atoms with Crippen LogP contribution in [0, 0.1) is 0 Å². The molecule has 0 N–H and O–H groups in total. The van der Waals surface area contributed by atoms with Gasteiger partial charge in [0.25, 0.3) is 0 Å². The standard InChI is InChI=1S/C17H50O6Si7/c1-25(2,3)21-28(10,11)18-16(19-29(12,13)22-26(4,5)6)17(24)20-30(14,15)23-27(7,8)9/h16-17H,1-15,24H3. The minimum Gasteiger partial charge on any atom is -0.436 e. The first-order chi connectivity index (χ1) is 12.8. The van der Waals surface area contributed by atoms with Crippen molar-refractivity contribution in [2.45, 2.75) is 110 Å². The van der Waals surface area contributed by atoms with E-state index in [2.05, 4.69) is 98.2 Å². The zero-order chi connectivity index (χ0) is 24.4. The molecule has 0 spiro atoms. The summed E-state index contributed by atoms with van der Waals surface area (Å²) in [5.41, 5.74) is -0.142. The van der Waals surface area contributed by atoms with E-state index in [1.165, 1.54) is 0 Å². The Morgan fingerprint density at radius 3 is 0.900 bits per heavy atom. The molecule has 0 bridgehead atoms. The zero-order valence-electron chi connectivity index (χ0n) is 22.6. The van der Waals surface area contributed by atoms with Crippen molar-refractivity contribution in [2.75, 3.05) is 0 Å². The van der Waals surface area contributed by atoms with Crippen molar-refractivity contribution in [3.8, 4) is 0 Å². The van der Waals surface area contributed by atoms with Gasteiger partial charge < -0.3 is 25.6 Å². The molecule has 30 heavy (non-hydrogen) atoms. The van der Waals surface area contributed by atoms with Crippen molar-refractivity contribution >= 4 is 60.9 Å². The molecule has 0 saturated carbocycles. The molecular formula is C17H50O6Si7. The molecule has 0 radical (unpaired) electrons. The van der Waals surface area contributed by atoms with E-state index < -0.39 is 56.9 Å². The molecule has 6 nitrogen and oxygen atoms in total. The van der Waals surface area contributed by atoms with E-state index >= 15 is 0 Å². The molecule has 0 aromatic rings. The Morgan fingerprint density at radius 1 is 0.433 bits per heavy atom. The molecule has 182 valence electrons. The monoisotopic (exact) mass is 546 g/mol. The van der Waals surface area contributed by atoms with Gasteiger partial charge in [0.05, 0.1) is 5.73 Å². The average molecular weight is 547 g/mol. The van der Waals surface area contributed by atoms with Gasteiger partial charge in [0.15, 0.2) is 31.2 Å². The molecule has 0 fully saturated rings. The Balaban J connectivity index is 5.65. The molecule has 0 aliphatic heterocycles. The van der Waals surface area contributed by atoms with Crippen molar-refractivity contribution in [1.82, 2.24) is 0 Å². The smallest absolute Gasteiger partial charge is 0.323 e. The van der Waals surface area contributed by atoms with Crippen molar-refractivity contribution < 1.29 is 25.6 Å². The maximum Gasteiger partial charge on any atom is 0.323 e. The molecule has 0 rings (SSSR count). The fourth-order valence-electron chi connectivity index (χ4n) is 3.56. The molecule has 13 heteroatoms. The van der Waals surface area contributed by atoms with Gasteiger partial charge in [-0.1, -0.05) is 0 Å². The molecule has 0 aliphatic carbocycles. The van der Waals surface area contributed by atoms with Crippen molar-refractivity contribution in [3.63, 3.8) is 0 Å². The van der Waals surface area contributed by atoms with E-state index in [1.54, 1.807) is 0 Å². The third-order valence-corrected chi connectivity index (χ3v) is 20.3. The SMILES string of the molecule is C[Si](C)(C)O[Si](C)(C)OC([SiH3])C(O[Si](C)(C)O[Si](C)(C)C)O[Si](C)(C)O[Si](C)(C)C. The zero-order valence-corrected chi connectivity index (χ0v) is 30.6. The predicted octanol–water partition coefficient (Wildman–Crippen LogP) is 4.71. The summed E-state index contributed by atoms with van der Waals surface area (Å²) in [6.07, 6.45) is -0.482. The van der Waals surface area contributed by atoms with Crippen molar-refractivity contribution in [1.29, 1.82) is 0 Å². The number of hydrogen-bond acceptors (Lipinski definition) is 6. The molecule has 0 aromatic carbocycles. The molecule has 0 aromatic heterocycles. The van der Waals surface area contributed by atoms with E-state index in [0.717, 1.165) is 10.2 Å². The number of rotatable bonds is 13. The third kappa shape index (κ3) is 16.0. The van der Waals surface area contributed by atoms with Crippen LogP contribution in [0.15, 0.2) is 0 Å². The Hall–Kier alpha value is 1.28. The van der Waals surface area contributed by atoms with E-state index in [-0.39, 0.29) is 5.73 Å². The van der Waals surface area contributed by atoms with Gasteiger partial charge >= 0.3 is 25.7 Å². The van der Waals surface area contributed by atoms with Gasteiger partial charge in [-0.2, -0.15) is 0 Å². The van der Waals surface area contributed by atoms with Gasteiger partial charge in [-0.05, 0) is 98.2 Å². The van der Waals surface area contributed by atoms with E-state index in [0.29, 0.717) is 0 Å². The summed E-state index contributed by atoms with van der Waals surface area (Å²) in [7, 11) is -11.5. The van der Waals surface area contributed by atoms with Crippen LogP contribution in [0.4, 0.5) is 0 Å². The van der Waals surface area contributed by atoms with Crippen LogP contribution in [0.3, 0.4) is 0 Å². The second-order valence-electron chi connectivity index (χ2n) is 12.3. The summed E-state index contributed by atoms with van der Waals surface area (Å²) in [4.78, 5) is 0. The lowest BCUT2D eigenvalue weighted by atomic mass is 10.7. The summed E-state index contributed by atoms with van der Waals surface area (Å²) in [6, 6.07) is 0. The maximum absolute atomic E-state index is 6.59. The molecule has 1 unspecified atom stereocenters. The molecule has 0 aliphatic rings. The van der Waals surface area contributed by atoms with Gasteiger partial charge in [0.2, 0.25) is 0 Å². The summed E-state index contributed by atoms with van der Waals surface area (Å²) >= 11 is 0. The van der Waals surface area contributed by atoms with Crippen LogP contribution >= 0.6 is 0 Å². The minimum absolute atomic E-state index is 0.142. The van der Waals surface area contributed by atoms with Crippen LogP contribution in [-0.2, 0) is 25.6 Å². The van der Waals surface area contributed by atoms with Crippen molar-refractivity contribution in [3.05, 3.63) is 0 Å². The lowest BCUT2D eigenvalue weighted by Gasteiger charge is -2.42. The molecule has 0 amide bonds. The first kappa shape index (κ1) is 31.3. The van der Waals surface area contributed by atoms with Gasteiger partial charge in [-0.15, -0.1) is 0 Å². The maximum atomic E-state index is 6.59.